The number of aliphatic hydroxyl groups excluding tert-OH is 1. The molecule has 3 N–H and O–H groups in total. The molecule has 1 atom stereocenters. The molecule has 2 aliphatic rings. The van der Waals surface area contributed by atoms with Crippen molar-refractivity contribution in [3.63, 3.8) is 0 Å². The Hall–Kier alpha value is -0.650. The molecule has 0 aromatic heterocycles. The summed E-state index contributed by atoms with van der Waals surface area (Å²) in [5.74, 6) is 0.484. The predicted molar refractivity (Wildman–Crippen MR) is 70.0 cm³/mol. The zero-order valence-electron chi connectivity index (χ0n) is 11.3. The van der Waals surface area contributed by atoms with Crippen molar-refractivity contribution in [1.29, 1.82) is 0 Å². The van der Waals surface area contributed by atoms with E-state index in [1.165, 1.54) is 0 Å². The van der Waals surface area contributed by atoms with Gasteiger partial charge in [-0.15, -0.1) is 0 Å². The van der Waals surface area contributed by atoms with E-state index in [2.05, 4.69) is 4.90 Å². The first kappa shape index (κ1) is 13.8. The van der Waals surface area contributed by atoms with Crippen LogP contribution in [0.1, 0.15) is 26.2 Å². The van der Waals surface area contributed by atoms with E-state index < -0.39 is 5.54 Å². The Labute approximate surface area is 109 Å². The number of nitrogens with two attached hydrogens (primary N) is 1. The molecule has 2 rings (SSSR count). The number of carbonyl (C=O) groups excluding carboxylic acids is 1. The van der Waals surface area contributed by atoms with E-state index >= 15 is 0 Å². The number of aliphatic hydroxyl groups is 1. The third kappa shape index (κ3) is 3.02. The zero-order valence-corrected chi connectivity index (χ0v) is 11.3. The first-order valence-electron chi connectivity index (χ1n) is 6.97. The molecule has 0 aromatic rings. The van der Waals surface area contributed by atoms with Crippen molar-refractivity contribution in [2.75, 3.05) is 39.3 Å². The highest BCUT2D eigenvalue weighted by Crippen LogP contribution is 2.39. The van der Waals surface area contributed by atoms with E-state index in [-0.39, 0.29) is 12.5 Å². The van der Waals surface area contributed by atoms with Crippen LogP contribution in [-0.2, 0) is 4.79 Å². The summed E-state index contributed by atoms with van der Waals surface area (Å²) in [6.07, 6.45) is 3.14. The molecule has 0 spiro atoms. The van der Waals surface area contributed by atoms with E-state index in [4.69, 9.17) is 10.8 Å². The van der Waals surface area contributed by atoms with Crippen molar-refractivity contribution in [1.82, 2.24) is 9.80 Å². The van der Waals surface area contributed by atoms with Crippen molar-refractivity contribution >= 4 is 5.91 Å². The summed E-state index contributed by atoms with van der Waals surface area (Å²) in [6.45, 7) is 6.08. The molecule has 0 aromatic carbocycles. The van der Waals surface area contributed by atoms with Crippen molar-refractivity contribution < 1.29 is 9.90 Å². The van der Waals surface area contributed by atoms with Gasteiger partial charge < -0.3 is 15.7 Å². The Balaban J connectivity index is 1.91. The van der Waals surface area contributed by atoms with Crippen LogP contribution >= 0.6 is 0 Å². The lowest BCUT2D eigenvalue weighted by Crippen LogP contribution is -2.55. The van der Waals surface area contributed by atoms with Crippen LogP contribution in [0.4, 0.5) is 0 Å². The largest absolute Gasteiger partial charge is 0.395 e. The van der Waals surface area contributed by atoms with Crippen molar-refractivity contribution in [3.05, 3.63) is 0 Å². The number of hydrogen-bond donors (Lipinski definition) is 2. The lowest BCUT2D eigenvalue weighted by Gasteiger charge is -2.31. The third-order valence-corrected chi connectivity index (χ3v) is 4.18. The van der Waals surface area contributed by atoms with E-state index in [0.29, 0.717) is 12.5 Å². The fraction of sp³-hybridized carbons (Fsp3) is 0.923. The van der Waals surface area contributed by atoms with Gasteiger partial charge in [0.05, 0.1) is 12.1 Å². The molecule has 1 saturated heterocycles. The average Bonchev–Trinajstić information content (AvgIpc) is 3.16. The first-order chi connectivity index (χ1) is 8.55. The van der Waals surface area contributed by atoms with Gasteiger partial charge in [0.25, 0.3) is 0 Å². The fourth-order valence-corrected chi connectivity index (χ4v) is 2.74. The summed E-state index contributed by atoms with van der Waals surface area (Å²) < 4.78 is 0. The van der Waals surface area contributed by atoms with Crippen LogP contribution in [0, 0.1) is 5.92 Å². The van der Waals surface area contributed by atoms with Gasteiger partial charge in [-0.2, -0.15) is 0 Å². The molecule has 2 fully saturated rings. The van der Waals surface area contributed by atoms with E-state index in [1.807, 2.05) is 11.8 Å². The number of hydrogen-bond acceptors (Lipinski definition) is 4. The predicted octanol–water partition coefficient (Wildman–Crippen LogP) is -0.360. The Morgan fingerprint density at radius 1 is 1.33 bits per heavy atom. The van der Waals surface area contributed by atoms with Gasteiger partial charge in [0.1, 0.15) is 0 Å². The standard InChI is InChI=1S/C13H25N3O2/c1-13(14,11-3-4-11)12(18)16-6-2-5-15(7-8-16)9-10-17/h11,17H,2-10,14H2,1H3. The fourth-order valence-electron chi connectivity index (χ4n) is 2.74. The third-order valence-electron chi connectivity index (χ3n) is 4.18. The van der Waals surface area contributed by atoms with Gasteiger partial charge in [0.15, 0.2) is 0 Å². The van der Waals surface area contributed by atoms with Crippen LogP contribution in [0.2, 0.25) is 0 Å². The monoisotopic (exact) mass is 255 g/mol. The summed E-state index contributed by atoms with van der Waals surface area (Å²) in [5, 5.41) is 8.95. The molecule has 5 heteroatoms. The normalized spacial score (nSPS) is 25.6. The van der Waals surface area contributed by atoms with Gasteiger partial charge in [0, 0.05) is 26.2 Å². The molecular formula is C13H25N3O2. The topological polar surface area (TPSA) is 69.8 Å². The maximum Gasteiger partial charge on any atom is 0.242 e. The minimum atomic E-state index is -0.674. The summed E-state index contributed by atoms with van der Waals surface area (Å²) in [6, 6.07) is 0. The summed E-state index contributed by atoms with van der Waals surface area (Å²) in [4.78, 5) is 16.6. The SMILES string of the molecule is CC(N)(C(=O)N1CCCN(CCO)CC1)C1CC1. The Morgan fingerprint density at radius 2 is 2.06 bits per heavy atom. The van der Waals surface area contributed by atoms with Crippen LogP contribution in [0.5, 0.6) is 0 Å². The lowest BCUT2D eigenvalue weighted by molar-refractivity contribution is -0.137. The highest BCUT2D eigenvalue weighted by atomic mass is 16.3. The Bertz CT molecular complexity index is 303. The second kappa shape index (κ2) is 5.55. The van der Waals surface area contributed by atoms with Gasteiger partial charge in [-0.1, -0.05) is 0 Å². The Morgan fingerprint density at radius 3 is 2.67 bits per heavy atom. The quantitative estimate of drug-likeness (QED) is 0.720. The molecule has 1 unspecified atom stereocenters. The van der Waals surface area contributed by atoms with Gasteiger partial charge >= 0.3 is 0 Å². The maximum atomic E-state index is 12.5. The van der Waals surface area contributed by atoms with E-state index in [0.717, 1.165) is 45.4 Å². The minimum Gasteiger partial charge on any atom is -0.395 e. The molecule has 1 heterocycles. The number of rotatable bonds is 4. The molecule has 1 aliphatic heterocycles. The van der Waals surface area contributed by atoms with Gasteiger partial charge in [0.2, 0.25) is 5.91 Å². The van der Waals surface area contributed by atoms with Crippen LogP contribution in [0.15, 0.2) is 0 Å². The molecule has 1 saturated carbocycles. The number of nitrogens with zero attached hydrogens (tertiary/aromatic N) is 2. The lowest BCUT2D eigenvalue weighted by atomic mass is 9.95. The number of β-amino-alcohol motifs (C(OH)–C–C–N with tert-alkyl or cyclic N) is 1. The highest BCUT2D eigenvalue weighted by molar-refractivity contribution is 5.86. The summed E-state index contributed by atoms with van der Waals surface area (Å²) in [7, 11) is 0. The van der Waals surface area contributed by atoms with Crippen LogP contribution < -0.4 is 5.73 Å². The second-order valence-corrected chi connectivity index (χ2v) is 5.77. The van der Waals surface area contributed by atoms with Crippen LogP contribution in [0.3, 0.4) is 0 Å². The molecule has 1 amide bonds. The number of amides is 1. The maximum absolute atomic E-state index is 12.5. The minimum absolute atomic E-state index is 0.107. The van der Waals surface area contributed by atoms with Crippen LogP contribution in [0.25, 0.3) is 0 Å². The molecule has 0 bridgehead atoms. The highest BCUT2D eigenvalue weighted by Gasteiger charge is 2.45. The van der Waals surface area contributed by atoms with Gasteiger partial charge in [-0.3, -0.25) is 9.69 Å². The van der Waals surface area contributed by atoms with Crippen molar-refractivity contribution in [2.45, 2.75) is 31.7 Å². The first-order valence-corrected chi connectivity index (χ1v) is 6.97. The van der Waals surface area contributed by atoms with Gasteiger partial charge in [-0.25, -0.2) is 0 Å². The molecule has 104 valence electrons. The average molecular weight is 255 g/mol. The van der Waals surface area contributed by atoms with Gasteiger partial charge in [-0.05, 0) is 38.6 Å². The zero-order chi connectivity index (χ0) is 13.2. The van der Waals surface area contributed by atoms with Crippen LogP contribution in [-0.4, -0.2) is 65.7 Å². The molecule has 5 nitrogen and oxygen atoms in total. The molecular weight excluding hydrogens is 230 g/mol. The Kier molecular flexibility index (Phi) is 4.25. The molecule has 1 aliphatic carbocycles. The van der Waals surface area contributed by atoms with E-state index in [1.54, 1.807) is 0 Å². The molecule has 0 radical (unpaired) electrons. The smallest absolute Gasteiger partial charge is 0.242 e. The van der Waals surface area contributed by atoms with Crippen molar-refractivity contribution in [2.24, 2.45) is 11.7 Å². The number of carbonyl (C=O) groups is 1. The van der Waals surface area contributed by atoms with Crippen molar-refractivity contribution in [3.8, 4) is 0 Å². The molecule has 18 heavy (non-hydrogen) atoms. The summed E-state index contributed by atoms with van der Waals surface area (Å²) in [5.41, 5.74) is 5.52. The second-order valence-electron chi connectivity index (χ2n) is 5.77. The van der Waals surface area contributed by atoms with E-state index in [9.17, 15) is 4.79 Å². The summed E-state index contributed by atoms with van der Waals surface area (Å²) >= 11 is 0.